The minimum atomic E-state index is -0.274. The molecule has 1 aromatic heterocycles. The summed E-state index contributed by atoms with van der Waals surface area (Å²) in [4.78, 5) is 4.15. The Morgan fingerprint density at radius 1 is 1.14 bits per heavy atom. The first-order valence-corrected chi connectivity index (χ1v) is 7.18. The SMILES string of the molecule is CC(C)Oc1cncc(C(N)COc2ccc(Cl)cc2)c1. The van der Waals surface area contributed by atoms with Gasteiger partial charge in [-0.3, -0.25) is 4.98 Å². The van der Waals surface area contributed by atoms with Crippen LogP contribution in [0, 0.1) is 0 Å². The van der Waals surface area contributed by atoms with E-state index in [9.17, 15) is 0 Å². The van der Waals surface area contributed by atoms with E-state index in [-0.39, 0.29) is 12.1 Å². The zero-order valence-corrected chi connectivity index (χ0v) is 12.9. The number of nitrogens with two attached hydrogens (primary N) is 1. The van der Waals surface area contributed by atoms with Gasteiger partial charge in [-0.2, -0.15) is 0 Å². The van der Waals surface area contributed by atoms with Gasteiger partial charge in [0.05, 0.1) is 18.3 Å². The van der Waals surface area contributed by atoms with Crippen LogP contribution in [0.4, 0.5) is 0 Å². The van der Waals surface area contributed by atoms with E-state index in [4.69, 9.17) is 26.8 Å². The van der Waals surface area contributed by atoms with Gasteiger partial charge in [0.1, 0.15) is 18.1 Å². The summed E-state index contributed by atoms with van der Waals surface area (Å²) >= 11 is 5.83. The normalized spacial score (nSPS) is 12.2. The molecule has 112 valence electrons. The lowest BCUT2D eigenvalue weighted by atomic mass is 10.1. The summed E-state index contributed by atoms with van der Waals surface area (Å²) < 4.78 is 11.3. The van der Waals surface area contributed by atoms with E-state index in [1.807, 2.05) is 32.0 Å². The third-order valence-electron chi connectivity index (χ3n) is 2.78. The quantitative estimate of drug-likeness (QED) is 0.886. The first-order chi connectivity index (χ1) is 10.0. The summed E-state index contributed by atoms with van der Waals surface area (Å²) in [7, 11) is 0. The Hall–Kier alpha value is -1.78. The van der Waals surface area contributed by atoms with E-state index < -0.39 is 0 Å². The Morgan fingerprint density at radius 2 is 1.86 bits per heavy atom. The van der Waals surface area contributed by atoms with Crippen LogP contribution in [0.2, 0.25) is 5.02 Å². The average molecular weight is 307 g/mol. The summed E-state index contributed by atoms with van der Waals surface area (Å²) in [5.74, 6) is 1.45. The van der Waals surface area contributed by atoms with Gasteiger partial charge in [0.15, 0.2) is 0 Å². The zero-order chi connectivity index (χ0) is 15.2. The molecule has 0 fully saturated rings. The Kier molecular flexibility index (Phi) is 5.42. The Morgan fingerprint density at radius 3 is 2.52 bits per heavy atom. The third kappa shape index (κ3) is 4.92. The molecule has 0 bridgehead atoms. The van der Waals surface area contributed by atoms with Crippen molar-refractivity contribution in [2.75, 3.05) is 6.61 Å². The van der Waals surface area contributed by atoms with Crippen LogP contribution in [0.1, 0.15) is 25.5 Å². The molecule has 1 aromatic carbocycles. The highest BCUT2D eigenvalue weighted by molar-refractivity contribution is 6.30. The molecular weight excluding hydrogens is 288 g/mol. The van der Waals surface area contributed by atoms with Crippen molar-refractivity contribution in [3.05, 3.63) is 53.3 Å². The van der Waals surface area contributed by atoms with E-state index in [2.05, 4.69) is 4.98 Å². The topological polar surface area (TPSA) is 57.4 Å². The first kappa shape index (κ1) is 15.6. The maximum absolute atomic E-state index is 6.13. The van der Waals surface area contributed by atoms with Crippen LogP contribution in [-0.2, 0) is 0 Å². The van der Waals surface area contributed by atoms with Gasteiger partial charge in [0.25, 0.3) is 0 Å². The molecule has 0 spiro atoms. The van der Waals surface area contributed by atoms with Crippen LogP contribution < -0.4 is 15.2 Å². The predicted octanol–water partition coefficient (Wildman–Crippen LogP) is 3.60. The molecular formula is C16H19ClN2O2. The van der Waals surface area contributed by atoms with Crippen LogP contribution in [-0.4, -0.2) is 17.7 Å². The van der Waals surface area contributed by atoms with Crippen molar-refractivity contribution in [2.24, 2.45) is 5.73 Å². The second-order valence-electron chi connectivity index (χ2n) is 4.99. The number of halogens is 1. The Balaban J connectivity index is 1.96. The predicted molar refractivity (Wildman–Crippen MR) is 83.9 cm³/mol. The lowest BCUT2D eigenvalue weighted by Gasteiger charge is -2.15. The minimum absolute atomic E-state index is 0.101. The van der Waals surface area contributed by atoms with Crippen molar-refractivity contribution in [1.29, 1.82) is 0 Å². The largest absolute Gasteiger partial charge is 0.492 e. The summed E-state index contributed by atoms with van der Waals surface area (Å²) in [6.45, 7) is 4.29. The molecule has 4 nitrogen and oxygen atoms in total. The van der Waals surface area contributed by atoms with Crippen molar-refractivity contribution in [1.82, 2.24) is 4.98 Å². The highest BCUT2D eigenvalue weighted by atomic mass is 35.5. The minimum Gasteiger partial charge on any atom is -0.492 e. The molecule has 0 aliphatic heterocycles. The van der Waals surface area contributed by atoms with E-state index in [1.165, 1.54) is 0 Å². The fourth-order valence-corrected chi connectivity index (χ4v) is 1.91. The number of hydrogen-bond acceptors (Lipinski definition) is 4. The second kappa shape index (κ2) is 7.29. The van der Waals surface area contributed by atoms with Crippen molar-refractivity contribution in [3.63, 3.8) is 0 Å². The van der Waals surface area contributed by atoms with Crippen LogP contribution in [0.15, 0.2) is 42.7 Å². The summed E-state index contributed by atoms with van der Waals surface area (Å²) in [5.41, 5.74) is 7.00. The zero-order valence-electron chi connectivity index (χ0n) is 12.1. The molecule has 0 saturated carbocycles. The molecule has 2 aromatic rings. The van der Waals surface area contributed by atoms with Crippen LogP contribution in [0.3, 0.4) is 0 Å². The van der Waals surface area contributed by atoms with Crippen LogP contribution >= 0.6 is 11.6 Å². The fraction of sp³-hybridized carbons (Fsp3) is 0.312. The van der Waals surface area contributed by atoms with Gasteiger partial charge in [0.2, 0.25) is 0 Å². The molecule has 5 heteroatoms. The van der Waals surface area contributed by atoms with Gasteiger partial charge >= 0.3 is 0 Å². The summed E-state index contributed by atoms with van der Waals surface area (Å²) in [6, 6.07) is 8.80. The highest BCUT2D eigenvalue weighted by Gasteiger charge is 2.09. The molecule has 2 rings (SSSR count). The second-order valence-corrected chi connectivity index (χ2v) is 5.43. The number of ether oxygens (including phenoxy) is 2. The van der Waals surface area contributed by atoms with Gasteiger partial charge < -0.3 is 15.2 Å². The number of nitrogens with zero attached hydrogens (tertiary/aromatic N) is 1. The van der Waals surface area contributed by atoms with Crippen LogP contribution in [0.25, 0.3) is 0 Å². The number of rotatable bonds is 6. The van der Waals surface area contributed by atoms with E-state index in [0.717, 1.165) is 11.3 Å². The van der Waals surface area contributed by atoms with Gasteiger partial charge in [-0.25, -0.2) is 0 Å². The molecule has 1 heterocycles. The van der Waals surface area contributed by atoms with Crippen molar-refractivity contribution in [3.8, 4) is 11.5 Å². The Labute approximate surface area is 129 Å². The van der Waals surface area contributed by atoms with Gasteiger partial charge in [0, 0.05) is 11.2 Å². The number of hydrogen-bond donors (Lipinski definition) is 1. The highest BCUT2D eigenvalue weighted by Crippen LogP contribution is 2.20. The van der Waals surface area contributed by atoms with E-state index in [0.29, 0.717) is 17.4 Å². The maximum atomic E-state index is 6.13. The third-order valence-corrected chi connectivity index (χ3v) is 3.03. The van der Waals surface area contributed by atoms with Crippen molar-refractivity contribution >= 4 is 11.6 Å². The van der Waals surface area contributed by atoms with Crippen molar-refractivity contribution < 1.29 is 9.47 Å². The average Bonchev–Trinajstić information content (AvgIpc) is 2.46. The number of aromatic nitrogens is 1. The number of pyridine rings is 1. The molecule has 1 unspecified atom stereocenters. The molecule has 2 N–H and O–H groups in total. The maximum Gasteiger partial charge on any atom is 0.138 e. The van der Waals surface area contributed by atoms with Gasteiger partial charge in [-0.05, 0) is 49.7 Å². The molecule has 0 aliphatic rings. The van der Waals surface area contributed by atoms with Gasteiger partial charge in [-0.15, -0.1) is 0 Å². The first-order valence-electron chi connectivity index (χ1n) is 6.80. The van der Waals surface area contributed by atoms with E-state index >= 15 is 0 Å². The lowest BCUT2D eigenvalue weighted by molar-refractivity contribution is 0.240. The molecule has 0 amide bonds. The molecule has 1 atom stereocenters. The van der Waals surface area contributed by atoms with Crippen LogP contribution in [0.5, 0.6) is 11.5 Å². The van der Waals surface area contributed by atoms with E-state index in [1.54, 1.807) is 24.5 Å². The molecule has 0 aliphatic carbocycles. The van der Waals surface area contributed by atoms with Gasteiger partial charge in [-0.1, -0.05) is 11.6 Å². The Bertz CT molecular complexity index is 573. The molecule has 0 saturated heterocycles. The molecule has 0 radical (unpaired) electrons. The fourth-order valence-electron chi connectivity index (χ4n) is 1.79. The lowest BCUT2D eigenvalue weighted by Crippen LogP contribution is -2.19. The molecule has 21 heavy (non-hydrogen) atoms. The number of benzene rings is 1. The van der Waals surface area contributed by atoms with Crippen molar-refractivity contribution in [2.45, 2.75) is 26.0 Å². The summed E-state index contributed by atoms with van der Waals surface area (Å²) in [5, 5.41) is 0.675. The monoisotopic (exact) mass is 306 g/mol. The summed E-state index contributed by atoms with van der Waals surface area (Å²) in [6.07, 6.45) is 3.50. The smallest absolute Gasteiger partial charge is 0.138 e. The standard InChI is InChI=1S/C16H19ClN2O2/c1-11(2)21-15-7-12(8-19-9-15)16(18)10-20-14-5-3-13(17)4-6-14/h3-9,11,16H,10,18H2,1-2H3.